The molecule has 1 aromatic heterocycles. The maximum atomic E-state index is 12.8. The van der Waals surface area contributed by atoms with Crippen LogP contribution in [0.1, 0.15) is 12.0 Å². The third-order valence-corrected chi connectivity index (χ3v) is 5.34. The fourth-order valence-corrected chi connectivity index (χ4v) is 3.91. The zero-order valence-corrected chi connectivity index (χ0v) is 14.9. The minimum atomic E-state index is -0.504. The molecule has 130 valence electrons. The average molecular weight is 364 g/mol. The first kappa shape index (κ1) is 16.5. The summed E-state index contributed by atoms with van der Waals surface area (Å²) >= 11 is 1.27. The van der Waals surface area contributed by atoms with Gasteiger partial charge in [0.25, 0.3) is 0 Å². The lowest BCUT2D eigenvalue weighted by Crippen LogP contribution is -2.31. The van der Waals surface area contributed by atoms with Gasteiger partial charge in [0.15, 0.2) is 5.16 Å². The minimum absolute atomic E-state index is 0.152. The number of anilines is 1. The van der Waals surface area contributed by atoms with Gasteiger partial charge in [0, 0.05) is 12.1 Å². The summed E-state index contributed by atoms with van der Waals surface area (Å²) in [5, 5.41) is 8.16. The van der Waals surface area contributed by atoms with Gasteiger partial charge in [-0.1, -0.05) is 47.7 Å². The number of thioether (sulfide) groups is 1. The van der Waals surface area contributed by atoms with Gasteiger partial charge in [-0.3, -0.25) is 14.2 Å². The normalized spacial score (nSPS) is 17.1. The lowest BCUT2D eigenvalue weighted by molar-refractivity contribution is -0.121. The number of carbonyl (C=O) groups is 2. The summed E-state index contributed by atoms with van der Waals surface area (Å²) in [5.41, 5.74) is 2.60. The van der Waals surface area contributed by atoms with E-state index in [1.807, 2.05) is 54.0 Å². The number of imide groups is 1. The highest BCUT2D eigenvalue weighted by Gasteiger charge is 2.41. The Balaban J connectivity index is 1.57. The van der Waals surface area contributed by atoms with Gasteiger partial charge in [-0.25, -0.2) is 4.90 Å². The monoisotopic (exact) mass is 364 g/mol. The highest BCUT2D eigenvalue weighted by Crippen LogP contribution is 2.33. The van der Waals surface area contributed by atoms with Crippen molar-refractivity contribution in [3.8, 4) is 5.69 Å². The molecule has 2 amide bonds. The van der Waals surface area contributed by atoms with Gasteiger partial charge in [-0.2, -0.15) is 0 Å². The van der Waals surface area contributed by atoms with Crippen molar-refractivity contribution >= 4 is 29.3 Å². The van der Waals surface area contributed by atoms with Crippen LogP contribution in [0.4, 0.5) is 5.69 Å². The Bertz CT molecular complexity index is 953. The second-order valence-corrected chi connectivity index (χ2v) is 7.20. The van der Waals surface area contributed by atoms with Crippen LogP contribution >= 0.6 is 11.8 Å². The number of hydrogen-bond acceptors (Lipinski definition) is 5. The van der Waals surface area contributed by atoms with E-state index < -0.39 is 5.25 Å². The molecule has 3 aromatic rings. The summed E-state index contributed by atoms with van der Waals surface area (Å²) in [4.78, 5) is 26.5. The molecule has 1 aliphatic heterocycles. The molecular formula is C19H16N4O2S. The molecule has 26 heavy (non-hydrogen) atoms. The number of rotatable bonds is 4. The fraction of sp³-hybridized carbons (Fsp3) is 0.158. The van der Waals surface area contributed by atoms with Crippen LogP contribution in [0.2, 0.25) is 0 Å². The van der Waals surface area contributed by atoms with Crippen molar-refractivity contribution in [3.05, 3.63) is 66.5 Å². The first-order valence-corrected chi connectivity index (χ1v) is 9.07. The van der Waals surface area contributed by atoms with E-state index in [4.69, 9.17) is 0 Å². The predicted molar refractivity (Wildman–Crippen MR) is 99.3 cm³/mol. The molecule has 1 unspecified atom stereocenters. The standard InChI is InChI=1S/C19H16N4O2S/c1-13-7-9-15(10-8-13)23-17(24)11-16(18(23)25)26-19-21-20-12-22(19)14-5-3-2-4-6-14/h2-10,12,16H,11H2,1H3. The second-order valence-electron chi connectivity index (χ2n) is 6.03. The van der Waals surface area contributed by atoms with Gasteiger partial charge in [0.1, 0.15) is 11.6 Å². The third kappa shape index (κ3) is 3.01. The average Bonchev–Trinajstić information content (AvgIpc) is 3.22. The van der Waals surface area contributed by atoms with E-state index in [1.54, 1.807) is 18.5 Å². The number of benzene rings is 2. The molecule has 7 heteroatoms. The van der Waals surface area contributed by atoms with Crippen molar-refractivity contribution in [2.45, 2.75) is 23.8 Å². The SMILES string of the molecule is Cc1ccc(N2C(=O)CC(Sc3nncn3-c3ccccc3)C2=O)cc1. The number of para-hydroxylation sites is 1. The van der Waals surface area contributed by atoms with Gasteiger partial charge in [0.05, 0.1) is 5.69 Å². The number of hydrogen-bond donors (Lipinski definition) is 0. The topological polar surface area (TPSA) is 68.1 Å². The Kier molecular flexibility index (Phi) is 4.30. The van der Waals surface area contributed by atoms with Gasteiger partial charge in [0.2, 0.25) is 11.8 Å². The molecule has 0 N–H and O–H groups in total. The van der Waals surface area contributed by atoms with Crippen LogP contribution in [0.25, 0.3) is 5.69 Å². The summed E-state index contributed by atoms with van der Waals surface area (Å²) in [6.45, 7) is 1.96. The highest BCUT2D eigenvalue weighted by atomic mass is 32.2. The zero-order chi connectivity index (χ0) is 18.1. The van der Waals surface area contributed by atoms with Crippen molar-refractivity contribution in [1.82, 2.24) is 14.8 Å². The molecule has 6 nitrogen and oxygen atoms in total. The fourth-order valence-electron chi connectivity index (χ4n) is 2.86. The molecule has 0 radical (unpaired) electrons. The molecule has 0 bridgehead atoms. The first-order valence-electron chi connectivity index (χ1n) is 8.19. The van der Waals surface area contributed by atoms with Crippen LogP contribution in [-0.2, 0) is 9.59 Å². The van der Waals surface area contributed by atoms with Crippen LogP contribution in [-0.4, -0.2) is 31.8 Å². The van der Waals surface area contributed by atoms with Gasteiger partial charge >= 0.3 is 0 Å². The molecule has 1 atom stereocenters. The number of aromatic nitrogens is 3. The van der Waals surface area contributed by atoms with E-state index in [9.17, 15) is 9.59 Å². The number of amides is 2. The predicted octanol–water partition coefficient (Wildman–Crippen LogP) is 3.00. The largest absolute Gasteiger partial charge is 0.277 e. The summed E-state index contributed by atoms with van der Waals surface area (Å²) in [6, 6.07) is 17.0. The van der Waals surface area contributed by atoms with E-state index in [2.05, 4.69) is 10.2 Å². The van der Waals surface area contributed by atoms with Crippen LogP contribution in [0, 0.1) is 6.92 Å². The first-order chi connectivity index (χ1) is 12.6. The lowest BCUT2D eigenvalue weighted by Gasteiger charge is -2.15. The number of aryl methyl sites for hydroxylation is 1. The van der Waals surface area contributed by atoms with E-state index in [0.717, 1.165) is 11.3 Å². The van der Waals surface area contributed by atoms with Crippen molar-refractivity contribution < 1.29 is 9.59 Å². The molecule has 0 spiro atoms. The Labute approximate surface area is 154 Å². The van der Waals surface area contributed by atoms with Gasteiger partial charge < -0.3 is 0 Å². The third-order valence-electron chi connectivity index (χ3n) is 4.20. The Morgan fingerprint density at radius 1 is 1.00 bits per heavy atom. The minimum Gasteiger partial charge on any atom is -0.277 e. The molecule has 2 aromatic carbocycles. The maximum Gasteiger partial charge on any atom is 0.247 e. The summed E-state index contributed by atoms with van der Waals surface area (Å²) in [7, 11) is 0. The van der Waals surface area contributed by atoms with Crippen LogP contribution in [0.5, 0.6) is 0 Å². The van der Waals surface area contributed by atoms with Crippen LogP contribution in [0.3, 0.4) is 0 Å². The number of carbonyl (C=O) groups excluding carboxylic acids is 2. The Hall–Kier alpha value is -2.93. The quantitative estimate of drug-likeness (QED) is 0.666. The summed E-state index contributed by atoms with van der Waals surface area (Å²) in [6.07, 6.45) is 1.76. The van der Waals surface area contributed by atoms with E-state index >= 15 is 0 Å². The van der Waals surface area contributed by atoms with Crippen molar-refractivity contribution in [2.75, 3.05) is 4.90 Å². The number of nitrogens with zero attached hydrogens (tertiary/aromatic N) is 4. The Morgan fingerprint density at radius 2 is 1.73 bits per heavy atom. The highest BCUT2D eigenvalue weighted by molar-refractivity contribution is 8.00. The van der Waals surface area contributed by atoms with E-state index in [0.29, 0.717) is 10.8 Å². The molecule has 4 rings (SSSR count). The van der Waals surface area contributed by atoms with Crippen molar-refractivity contribution in [1.29, 1.82) is 0 Å². The molecule has 1 saturated heterocycles. The van der Waals surface area contributed by atoms with E-state index in [-0.39, 0.29) is 18.2 Å². The molecule has 1 aliphatic rings. The molecular weight excluding hydrogens is 348 g/mol. The van der Waals surface area contributed by atoms with Crippen LogP contribution in [0.15, 0.2) is 66.1 Å². The molecule has 2 heterocycles. The Morgan fingerprint density at radius 3 is 2.46 bits per heavy atom. The van der Waals surface area contributed by atoms with Gasteiger partial charge in [-0.15, -0.1) is 10.2 Å². The lowest BCUT2D eigenvalue weighted by atomic mass is 10.2. The van der Waals surface area contributed by atoms with Crippen molar-refractivity contribution in [3.63, 3.8) is 0 Å². The van der Waals surface area contributed by atoms with Crippen LogP contribution < -0.4 is 4.90 Å². The van der Waals surface area contributed by atoms with E-state index in [1.165, 1.54) is 16.7 Å². The maximum absolute atomic E-state index is 12.8. The molecule has 0 saturated carbocycles. The smallest absolute Gasteiger partial charge is 0.247 e. The zero-order valence-electron chi connectivity index (χ0n) is 14.1. The summed E-state index contributed by atoms with van der Waals surface area (Å²) < 4.78 is 1.82. The molecule has 0 aliphatic carbocycles. The second kappa shape index (κ2) is 6.76. The van der Waals surface area contributed by atoms with Gasteiger partial charge in [-0.05, 0) is 31.2 Å². The summed E-state index contributed by atoms with van der Waals surface area (Å²) in [5.74, 6) is -0.409. The molecule has 1 fully saturated rings. The van der Waals surface area contributed by atoms with Crippen molar-refractivity contribution in [2.24, 2.45) is 0 Å².